The lowest BCUT2D eigenvalue weighted by Crippen LogP contribution is -2.54. The monoisotopic (exact) mass is 334 g/mol. The molecule has 7 heteroatoms. The standard InChI is InChI=1S/C17H26N4O3/c1-17(6-9-21(10-7-17)15(22)3-2-8-18)19-16(23)13-11-14(24-20-13)12-4-5-12/h11-12H,2-10,18H2,1H3,(H,19,23). The van der Waals surface area contributed by atoms with Crippen LogP contribution in [0, 0.1) is 0 Å². The van der Waals surface area contributed by atoms with Crippen molar-refractivity contribution in [2.45, 2.75) is 56.9 Å². The van der Waals surface area contributed by atoms with Gasteiger partial charge in [-0.25, -0.2) is 0 Å². The third-order valence-electron chi connectivity index (χ3n) is 4.97. The molecule has 7 nitrogen and oxygen atoms in total. The quantitative estimate of drug-likeness (QED) is 0.819. The van der Waals surface area contributed by atoms with Crippen LogP contribution in [-0.4, -0.2) is 47.0 Å². The molecule has 1 aliphatic carbocycles. The number of rotatable bonds is 6. The summed E-state index contributed by atoms with van der Waals surface area (Å²) in [7, 11) is 0. The average Bonchev–Trinajstić information content (AvgIpc) is 3.29. The van der Waals surface area contributed by atoms with Gasteiger partial charge in [0.1, 0.15) is 5.76 Å². The SMILES string of the molecule is CC1(NC(=O)c2cc(C3CC3)on2)CCN(C(=O)CCCN)CC1. The van der Waals surface area contributed by atoms with Crippen LogP contribution in [0.4, 0.5) is 0 Å². The second-order valence-electron chi connectivity index (χ2n) is 7.18. The number of amides is 2. The molecule has 0 unspecified atom stereocenters. The summed E-state index contributed by atoms with van der Waals surface area (Å²) in [6.45, 7) is 3.88. The summed E-state index contributed by atoms with van der Waals surface area (Å²) >= 11 is 0. The van der Waals surface area contributed by atoms with Crippen LogP contribution in [0.15, 0.2) is 10.6 Å². The maximum absolute atomic E-state index is 12.4. The number of carbonyl (C=O) groups excluding carboxylic acids is 2. The predicted octanol–water partition coefficient (Wildman–Crippen LogP) is 1.40. The van der Waals surface area contributed by atoms with Crippen LogP contribution in [0.1, 0.15) is 67.6 Å². The van der Waals surface area contributed by atoms with E-state index in [0.717, 1.165) is 37.9 Å². The molecule has 0 spiro atoms. The maximum atomic E-state index is 12.4. The Kier molecular flexibility index (Phi) is 4.89. The summed E-state index contributed by atoms with van der Waals surface area (Å²) in [5.41, 5.74) is 5.48. The van der Waals surface area contributed by atoms with E-state index in [2.05, 4.69) is 10.5 Å². The van der Waals surface area contributed by atoms with Gasteiger partial charge in [0, 0.05) is 37.0 Å². The molecule has 2 amide bonds. The van der Waals surface area contributed by atoms with Gasteiger partial charge in [0.05, 0.1) is 0 Å². The Morgan fingerprint density at radius 3 is 2.75 bits per heavy atom. The third kappa shape index (κ3) is 3.95. The summed E-state index contributed by atoms with van der Waals surface area (Å²) in [6, 6.07) is 1.75. The van der Waals surface area contributed by atoms with Gasteiger partial charge < -0.3 is 20.5 Å². The highest BCUT2D eigenvalue weighted by atomic mass is 16.5. The van der Waals surface area contributed by atoms with Gasteiger partial charge in [-0.05, 0) is 45.6 Å². The van der Waals surface area contributed by atoms with Gasteiger partial charge in [0.25, 0.3) is 5.91 Å². The van der Waals surface area contributed by atoms with Gasteiger partial charge in [0.15, 0.2) is 5.69 Å². The van der Waals surface area contributed by atoms with Crippen molar-refractivity contribution >= 4 is 11.8 Å². The van der Waals surface area contributed by atoms with Crippen molar-refractivity contribution in [2.24, 2.45) is 5.73 Å². The first-order valence-corrected chi connectivity index (χ1v) is 8.78. The second-order valence-corrected chi connectivity index (χ2v) is 7.18. The fraction of sp³-hybridized carbons (Fsp3) is 0.706. The molecule has 2 aliphatic rings. The van der Waals surface area contributed by atoms with Crippen molar-refractivity contribution in [2.75, 3.05) is 19.6 Å². The van der Waals surface area contributed by atoms with Crippen LogP contribution in [0.3, 0.4) is 0 Å². The molecule has 0 bridgehead atoms. The van der Waals surface area contributed by atoms with Gasteiger partial charge in [-0.2, -0.15) is 0 Å². The van der Waals surface area contributed by atoms with Gasteiger partial charge in [-0.3, -0.25) is 9.59 Å². The number of aromatic nitrogens is 1. The number of nitrogens with two attached hydrogens (primary N) is 1. The normalized spacial score (nSPS) is 20.0. The molecule has 132 valence electrons. The number of nitrogens with one attached hydrogen (secondary N) is 1. The van der Waals surface area contributed by atoms with E-state index >= 15 is 0 Å². The number of nitrogens with zero attached hydrogens (tertiary/aromatic N) is 2. The molecule has 24 heavy (non-hydrogen) atoms. The molecule has 0 radical (unpaired) electrons. The highest BCUT2D eigenvalue weighted by Gasteiger charge is 2.34. The molecule has 1 aromatic rings. The summed E-state index contributed by atoms with van der Waals surface area (Å²) in [6.07, 6.45) is 4.92. The zero-order valence-corrected chi connectivity index (χ0v) is 14.2. The smallest absolute Gasteiger partial charge is 0.273 e. The summed E-state index contributed by atoms with van der Waals surface area (Å²) < 4.78 is 5.24. The van der Waals surface area contributed by atoms with Gasteiger partial charge in [0.2, 0.25) is 5.91 Å². The third-order valence-corrected chi connectivity index (χ3v) is 4.97. The molecule has 2 heterocycles. The predicted molar refractivity (Wildman–Crippen MR) is 88.5 cm³/mol. The molecule has 3 N–H and O–H groups in total. The molecular weight excluding hydrogens is 308 g/mol. The van der Waals surface area contributed by atoms with Crippen molar-refractivity contribution in [3.63, 3.8) is 0 Å². The van der Waals surface area contributed by atoms with Crippen LogP contribution < -0.4 is 11.1 Å². The fourth-order valence-electron chi connectivity index (χ4n) is 3.08. The molecule has 1 saturated heterocycles. The lowest BCUT2D eigenvalue weighted by molar-refractivity contribution is -0.132. The lowest BCUT2D eigenvalue weighted by atomic mass is 9.89. The van der Waals surface area contributed by atoms with Crippen molar-refractivity contribution in [3.05, 3.63) is 17.5 Å². The summed E-state index contributed by atoms with van der Waals surface area (Å²) in [5, 5.41) is 6.95. The van der Waals surface area contributed by atoms with Crippen molar-refractivity contribution in [1.29, 1.82) is 0 Å². The van der Waals surface area contributed by atoms with Gasteiger partial charge >= 0.3 is 0 Å². The molecular formula is C17H26N4O3. The van der Waals surface area contributed by atoms with Crippen LogP contribution in [0.2, 0.25) is 0 Å². The van der Waals surface area contributed by atoms with E-state index in [0.29, 0.717) is 37.7 Å². The topological polar surface area (TPSA) is 101 Å². The van der Waals surface area contributed by atoms with E-state index < -0.39 is 0 Å². The first-order valence-electron chi connectivity index (χ1n) is 8.78. The summed E-state index contributed by atoms with van der Waals surface area (Å²) in [4.78, 5) is 26.3. The first-order chi connectivity index (χ1) is 11.5. The zero-order chi connectivity index (χ0) is 17.2. The van der Waals surface area contributed by atoms with Crippen LogP contribution in [0.25, 0.3) is 0 Å². The van der Waals surface area contributed by atoms with E-state index in [4.69, 9.17) is 10.3 Å². The minimum Gasteiger partial charge on any atom is -0.360 e. The highest BCUT2D eigenvalue weighted by Crippen LogP contribution is 2.40. The summed E-state index contributed by atoms with van der Waals surface area (Å²) in [5.74, 6) is 1.21. The zero-order valence-electron chi connectivity index (χ0n) is 14.2. The minimum absolute atomic E-state index is 0.152. The molecule has 0 aromatic carbocycles. The van der Waals surface area contributed by atoms with Crippen LogP contribution in [-0.2, 0) is 4.79 Å². The van der Waals surface area contributed by atoms with Crippen LogP contribution >= 0.6 is 0 Å². The molecule has 1 saturated carbocycles. The average molecular weight is 334 g/mol. The largest absolute Gasteiger partial charge is 0.360 e. The van der Waals surface area contributed by atoms with E-state index in [1.165, 1.54) is 0 Å². The van der Waals surface area contributed by atoms with Crippen molar-refractivity contribution < 1.29 is 14.1 Å². The van der Waals surface area contributed by atoms with Gasteiger partial charge in [-0.1, -0.05) is 5.16 Å². The van der Waals surface area contributed by atoms with Crippen molar-refractivity contribution in [1.82, 2.24) is 15.4 Å². The Bertz CT molecular complexity index is 601. The van der Waals surface area contributed by atoms with E-state index in [-0.39, 0.29) is 17.4 Å². The molecule has 3 rings (SSSR count). The van der Waals surface area contributed by atoms with Gasteiger partial charge in [-0.15, -0.1) is 0 Å². The maximum Gasteiger partial charge on any atom is 0.273 e. The number of hydrogen-bond acceptors (Lipinski definition) is 5. The number of hydrogen-bond donors (Lipinski definition) is 2. The van der Waals surface area contributed by atoms with E-state index in [9.17, 15) is 9.59 Å². The molecule has 2 fully saturated rings. The Morgan fingerprint density at radius 1 is 1.42 bits per heavy atom. The Labute approximate surface area is 141 Å². The lowest BCUT2D eigenvalue weighted by Gasteiger charge is -2.39. The Hall–Kier alpha value is -1.89. The fourth-order valence-corrected chi connectivity index (χ4v) is 3.08. The minimum atomic E-state index is -0.319. The highest BCUT2D eigenvalue weighted by molar-refractivity contribution is 5.92. The Morgan fingerprint density at radius 2 is 2.12 bits per heavy atom. The first kappa shape index (κ1) is 17.0. The molecule has 1 aromatic heterocycles. The van der Waals surface area contributed by atoms with Crippen molar-refractivity contribution in [3.8, 4) is 0 Å². The van der Waals surface area contributed by atoms with Crippen LogP contribution in [0.5, 0.6) is 0 Å². The molecule has 0 atom stereocenters. The number of likely N-dealkylation sites (tertiary alicyclic amines) is 1. The van der Waals surface area contributed by atoms with E-state index in [1.807, 2.05) is 11.8 Å². The molecule has 1 aliphatic heterocycles. The number of carbonyl (C=O) groups is 2. The Balaban J connectivity index is 1.51. The second kappa shape index (κ2) is 6.93. The number of piperidine rings is 1. The van der Waals surface area contributed by atoms with E-state index in [1.54, 1.807) is 6.07 Å².